The van der Waals surface area contributed by atoms with Crippen LogP contribution in [-0.4, -0.2) is 38.8 Å². The van der Waals surface area contributed by atoms with Crippen LogP contribution in [0.1, 0.15) is 64.7 Å². The van der Waals surface area contributed by atoms with Gasteiger partial charge in [0, 0.05) is 30.8 Å². The van der Waals surface area contributed by atoms with Crippen LogP contribution in [0.3, 0.4) is 0 Å². The molecule has 27 heavy (non-hydrogen) atoms. The van der Waals surface area contributed by atoms with Gasteiger partial charge in [0.2, 0.25) is 0 Å². The van der Waals surface area contributed by atoms with Crippen molar-refractivity contribution < 1.29 is 4.79 Å². The lowest BCUT2D eigenvalue weighted by Gasteiger charge is -2.32. The molecule has 0 unspecified atom stereocenters. The second-order valence-electron chi connectivity index (χ2n) is 7.57. The third kappa shape index (κ3) is 3.59. The Bertz CT molecular complexity index is 991. The van der Waals surface area contributed by atoms with Gasteiger partial charge in [-0.3, -0.25) is 14.4 Å². The van der Waals surface area contributed by atoms with Gasteiger partial charge in [0.25, 0.3) is 17.0 Å². The van der Waals surface area contributed by atoms with Crippen LogP contribution in [0.2, 0.25) is 0 Å². The highest BCUT2D eigenvalue weighted by Gasteiger charge is 2.28. The molecule has 1 fully saturated rings. The summed E-state index contributed by atoms with van der Waals surface area (Å²) in [5.74, 6) is 0.364. The summed E-state index contributed by atoms with van der Waals surface area (Å²) in [6, 6.07) is 3.30. The van der Waals surface area contributed by atoms with Crippen LogP contribution < -0.4 is 11.1 Å². The fourth-order valence-electron chi connectivity index (χ4n) is 4.22. The number of amides is 1. The number of pyridine rings is 1. The summed E-state index contributed by atoms with van der Waals surface area (Å²) in [5, 5.41) is 0. The molecular weight excluding hydrogens is 344 g/mol. The number of piperidine rings is 1. The number of likely N-dealkylation sites (tertiary alicyclic amines) is 1. The van der Waals surface area contributed by atoms with Gasteiger partial charge >= 0.3 is 0 Å². The lowest BCUT2D eigenvalue weighted by Crippen LogP contribution is -2.41. The normalized spacial score (nSPS) is 19.6. The van der Waals surface area contributed by atoms with Gasteiger partial charge in [-0.05, 0) is 57.1 Å². The van der Waals surface area contributed by atoms with Crippen molar-refractivity contribution in [3.05, 3.63) is 61.2 Å². The van der Waals surface area contributed by atoms with Crippen molar-refractivity contribution >= 4 is 5.91 Å². The van der Waals surface area contributed by atoms with E-state index >= 15 is 0 Å². The molecule has 0 radical (unpaired) electrons. The van der Waals surface area contributed by atoms with Gasteiger partial charge in [0.15, 0.2) is 0 Å². The number of aromatic amines is 2. The first-order valence-electron chi connectivity index (χ1n) is 9.63. The monoisotopic (exact) mass is 368 g/mol. The van der Waals surface area contributed by atoms with Gasteiger partial charge in [0.1, 0.15) is 11.4 Å². The van der Waals surface area contributed by atoms with E-state index in [2.05, 4.69) is 15.0 Å². The number of hydrogen-bond donors (Lipinski definition) is 2. The topological polar surface area (TPSA) is 98.9 Å². The number of fused-ring (bicyclic) bond motifs is 1. The Morgan fingerprint density at radius 3 is 2.78 bits per heavy atom. The molecule has 1 atom stereocenters. The zero-order valence-corrected chi connectivity index (χ0v) is 15.5. The molecule has 0 bridgehead atoms. The van der Waals surface area contributed by atoms with Crippen LogP contribution >= 0.6 is 0 Å². The molecule has 0 saturated carbocycles. The second kappa shape index (κ2) is 7.13. The van der Waals surface area contributed by atoms with E-state index in [-0.39, 0.29) is 28.5 Å². The zero-order chi connectivity index (χ0) is 19.0. The number of aromatic nitrogens is 3. The van der Waals surface area contributed by atoms with Crippen molar-refractivity contribution in [2.75, 3.05) is 13.1 Å². The van der Waals surface area contributed by atoms with Crippen molar-refractivity contribution in [3.8, 4) is 0 Å². The van der Waals surface area contributed by atoms with Crippen molar-refractivity contribution in [2.45, 2.75) is 51.4 Å². The number of H-pyrrole nitrogens is 2. The molecule has 2 aromatic rings. The predicted molar refractivity (Wildman–Crippen MR) is 101 cm³/mol. The molecule has 0 spiro atoms. The summed E-state index contributed by atoms with van der Waals surface area (Å²) in [4.78, 5) is 49.0. The maximum absolute atomic E-state index is 13.0. The number of nitrogens with one attached hydrogen (secondary N) is 2. The van der Waals surface area contributed by atoms with Crippen LogP contribution in [0.5, 0.6) is 0 Å². The van der Waals surface area contributed by atoms with Gasteiger partial charge in [-0.25, -0.2) is 4.98 Å². The number of nitrogens with zero attached hydrogens (tertiary/aromatic N) is 2. The van der Waals surface area contributed by atoms with E-state index in [1.807, 2.05) is 0 Å². The molecule has 1 saturated heterocycles. The summed E-state index contributed by atoms with van der Waals surface area (Å²) in [6.45, 7) is 2.85. The molecule has 0 aromatic carbocycles. The standard InChI is InChI=1S/C20H24N4O3/c1-12-21-17(10-18(25)22-12)14-6-4-8-24(11-14)20(27)15-9-13-5-2-3-7-16(13)23-19(15)26/h9-10,14H,2-8,11H2,1H3,(H,23,26)(H,21,22,25)/t14-/m1/s1. The number of hydrogen-bond acceptors (Lipinski definition) is 4. The molecule has 2 N–H and O–H groups in total. The van der Waals surface area contributed by atoms with Crippen molar-refractivity contribution in [1.82, 2.24) is 19.9 Å². The minimum absolute atomic E-state index is 0.0143. The van der Waals surface area contributed by atoms with Crippen LogP contribution in [0.4, 0.5) is 0 Å². The van der Waals surface area contributed by atoms with Gasteiger partial charge in [-0.15, -0.1) is 0 Å². The molecule has 2 aromatic heterocycles. The summed E-state index contributed by atoms with van der Waals surface area (Å²) in [6.07, 6.45) is 5.65. The molecule has 7 heteroatoms. The smallest absolute Gasteiger partial charge is 0.261 e. The molecular formula is C20H24N4O3. The predicted octanol–water partition coefficient (Wildman–Crippen LogP) is 1.67. The molecule has 7 nitrogen and oxygen atoms in total. The average molecular weight is 368 g/mol. The van der Waals surface area contributed by atoms with Gasteiger partial charge in [-0.1, -0.05) is 0 Å². The van der Waals surface area contributed by atoms with Gasteiger partial charge < -0.3 is 14.9 Å². The molecule has 1 aliphatic heterocycles. The number of carbonyl (C=O) groups excluding carboxylic acids is 1. The van der Waals surface area contributed by atoms with E-state index in [0.29, 0.717) is 24.6 Å². The van der Waals surface area contributed by atoms with Crippen molar-refractivity contribution in [2.24, 2.45) is 0 Å². The highest BCUT2D eigenvalue weighted by atomic mass is 16.2. The first kappa shape index (κ1) is 17.7. The summed E-state index contributed by atoms with van der Waals surface area (Å²) < 4.78 is 0. The second-order valence-corrected chi connectivity index (χ2v) is 7.57. The fraction of sp³-hybridized carbons (Fsp3) is 0.500. The third-order valence-corrected chi connectivity index (χ3v) is 5.58. The Balaban J connectivity index is 1.59. The first-order valence-corrected chi connectivity index (χ1v) is 9.63. The SMILES string of the molecule is Cc1nc([C@@H]2CCCN(C(=O)c3cc4c([nH]c3=O)CCCC4)C2)cc(=O)[nH]1. The van der Waals surface area contributed by atoms with Crippen LogP contribution in [0.15, 0.2) is 21.7 Å². The Kier molecular flexibility index (Phi) is 4.68. The van der Waals surface area contributed by atoms with Crippen molar-refractivity contribution in [3.63, 3.8) is 0 Å². The first-order chi connectivity index (χ1) is 13.0. The number of carbonyl (C=O) groups is 1. The Labute approximate surface area is 156 Å². The number of rotatable bonds is 2. The molecule has 1 amide bonds. The Morgan fingerprint density at radius 2 is 1.96 bits per heavy atom. The van der Waals surface area contributed by atoms with E-state index in [9.17, 15) is 14.4 Å². The van der Waals surface area contributed by atoms with Gasteiger partial charge in [-0.2, -0.15) is 0 Å². The maximum atomic E-state index is 13.0. The van der Waals surface area contributed by atoms with Gasteiger partial charge in [0.05, 0.1) is 5.69 Å². The van der Waals surface area contributed by atoms with E-state index in [4.69, 9.17) is 0 Å². The minimum Gasteiger partial charge on any atom is -0.338 e. The van der Waals surface area contributed by atoms with E-state index in [1.165, 1.54) is 6.07 Å². The Morgan fingerprint density at radius 1 is 1.15 bits per heavy atom. The summed E-state index contributed by atoms with van der Waals surface area (Å²) in [7, 11) is 0. The highest BCUT2D eigenvalue weighted by molar-refractivity contribution is 5.94. The van der Waals surface area contributed by atoms with Crippen LogP contribution in [-0.2, 0) is 12.8 Å². The van der Waals surface area contributed by atoms with Crippen LogP contribution in [0.25, 0.3) is 0 Å². The maximum Gasteiger partial charge on any atom is 0.261 e. The zero-order valence-electron chi connectivity index (χ0n) is 15.5. The fourth-order valence-corrected chi connectivity index (χ4v) is 4.22. The van der Waals surface area contributed by atoms with E-state index in [0.717, 1.165) is 49.8 Å². The van der Waals surface area contributed by atoms with Crippen molar-refractivity contribution in [1.29, 1.82) is 0 Å². The lowest BCUT2D eigenvalue weighted by molar-refractivity contribution is 0.0703. The van der Waals surface area contributed by atoms with E-state index in [1.54, 1.807) is 17.9 Å². The average Bonchev–Trinajstić information content (AvgIpc) is 2.66. The number of aryl methyl sites for hydroxylation is 3. The summed E-state index contributed by atoms with van der Waals surface area (Å²) in [5.41, 5.74) is 2.53. The quantitative estimate of drug-likeness (QED) is 0.842. The van der Waals surface area contributed by atoms with E-state index < -0.39 is 0 Å². The molecule has 2 aliphatic rings. The highest BCUT2D eigenvalue weighted by Crippen LogP contribution is 2.26. The molecule has 3 heterocycles. The third-order valence-electron chi connectivity index (χ3n) is 5.58. The lowest BCUT2D eigenvalue weighted by atomic mass is 9.93. The largest absolute Gasteiger partial charge is 0.338 e. The minimum atomic E-state index is -0.298. The molecule has 142 valence electrons. The molecule has 1 aliphatic carbocycles. The Hall–Kier alpha value is -2.70. The molecule has 4 rings (SSSR count). The summed E-state index contributed by atoms with van der Waals surface area (Å²) >= 11 is 0. The van der Waals surface area contributed by atoms with Crippen LogP contribution in [0, 0.1) is 6.92 Å².